The number of hydrogen-bond acceptors (Lipinski definition) is 6. The summed E-state index contributed by atoms with van der Waals surface area (Å²) in [7, 11) is 2.11. The second-order valence-electron chi connectivity index (χ2n) is 9.81. The van der Waals surface area contributed by atoms with Crippen LogP contribution in [-0.4, -0.2) is 41.0 Å². The molecule has 0 fully saturated rings. The van der Waals surface area contributed by atoms with E-state index in [2.05, 4.69) is 17.3 Å². The van der Waals surface area contributed by atoms with Crippen molar-refractivity contribution in [3.05, 3.63) is 51.0 Å². The molecule has 2 heterocycles. The van der Waals surface area contributed by atoms with Crippen LogP contribution in [-0.2, 0) is 46.7 Å². The first-order chi connectivity index (χ1) is 14.6. The van der Waals surface area contributed by atoms with E-state index in [-0.39, 0.29) is 18.3 Å². The molecule has 2 aliphatic rings. The van der Waals surface area contributed by atoms with Gasteiger partial charge in [0.05, 0.1) is 24.1 Å². The van der Waals surface area contributed by atoms with Gasteiger partial charge in [0.15, 0.2) is 0 Å². The molecule has 166 valence electrons. The summed E-state index contributed by atoms with van der Waals surface area (Å²) in [5.74, 6) is -0.428. The van der Waals surface area contributed by atoms with Gasteiger partial charge < -0.3 is 15.0 Å². The van der Waals surface area contributed by atoms with E-state index in [1.54, 1.807) is 11.3 Å². The quantitative estimate of drug-likeness (QED) is 0.721. The molecular weight excluding hydrogens is 410 g/mol. The van der Waals surface area contributed by atoms with Crippen LogP contribution in [0.4, 0.5) is 0 Å². The number of carbonyl (C=O) groups excluding carboxylic acids is 2. The maximum Gasteiger partial charge on any atom is 0.307 e. The van der Waals surface area contributed by atoms with Gasteiger partial charge in [-0.25, -0.2) is 4.98 Å². The van der Waals surface area contributed by atoms with Gasteiger partial charge in [-0.2, -0.15) is 0 Å². The first kappa shape index (κ1) is 22.0. The number of amides is 1. The van der Waals surface area contributed by atoms with E-state index in [1.165, 1.54) is 4.88 Å². The third kappa shape index (κ3) is 4.99. The highest BCUT2D eigenvalue weighted by Gasteiger charge is 2.46. The molecule has 0 atom stereocenters. The third-order valence-electron chi connectivity index (χ3n) is 5.93. The van der Waals surface area contributed by atoms with Gasteiger partial charge in [0.2, 0.25) is 5.91 Å². The first-order valence-corrected chi connectivity index (χ1v) is 11.7. The molecule has 0 bridgehead atoms. The smallest absolute Gasteiger partial charge is 0.307 e. The molecule has 4 rings (SSSR count). The molecule has 6 nitrogen and oxygen atoms in total. The van der Waals surface area contributed by atoms with Crippen molar-refractivity contribution in [3.8, 4) is 0 Å². The summed E-state index contributed by atoms with van der Waals surface area (Å²) in [5, 5.41) is 4.02. The van der Waals surface area contributed by atoms with Crippen LogP contribution in [0.2, 0.25) is 0 Å². The molecule has 0 radical (unpaired) electrons. The highest BCUT2D eigenvalue weighted by molar-refractivity contribution is 7.11. The summed E-state index contributed by atoms with van der Waals surface area (Å²) in [6.45, 7) is 7.87. The molecule has 2 aromatic rings. The van der Waals surface area contributed by atoms with Gasteiger partial charge in [-0.1, -0.05) is 24.3 Å². The molecule has 1 N–H and O–H groups in total. The van der Waals surface area contributed by atoms with Crippen LogP contribution < -0.4 is 5.32 Å². The Labute approximate surface area is 188 Å². The minimum atomic E-state index is -0.816. The SMILES string of the molecule is CN1CCc2nc(CNC(=O)C3(CC(=O)OC(C)(C)C)Cc4ccccc4C3)sc2C1. The molecule has 0 spiro atoms. The second-order valence-corrected chi connectivity index (χ2v) is 11.0. The van der Waals surface area contributed by atoms with Gasteiger partial charge in [0.25, 0.3) is 0 Å². The average molecular weight is 442 g/mol. The van der Waals surface area contributed by atoms with E-state index in [9.17, 15) is 9.59 Å². The number of fused-ring (bicyclic) bond motifs is 2. The van der Waals surface area contributed by atoms with Crippen LogP contribution in [0.15, 0.2) is 24.3 Å². The number of carbonyl (C=O) groups is 2. The molecule has 0 saturated carbocycles. The molecule has 0 saturated heterocycles. The van der Waals surface area contributed by atoms with Crippen molar-refractivity contribution >= 4 is 23.2 Å². The zero-order valence-corrected chi connectivity index (χ0v) is 19.6. The van der Waals surface area contributed by atoms with Crippen molar-refractivity contribution in [2.24, 2.45) is 5.41 Å². The second kappa shape index (κ2) is 8.36. The van der Waals surface area contributed by atoms with Crippen molar-refractivity contribution < 1.29 is 14.3 Å². The lowest BCUT2D eigenvalue weighted by Crippen LogP contribution is -2.44. The van der Waals surface area contributed by atoms with Gasteiger partial charge in [0.1, 0.15) is 10.6 Å². The average Bonchev–Trinajstić information content (AvgIpc) is 3.25. The maximum atomic E-state index is 13.5. The van der Waals surface area contributed by atoms with Gasteiger partial charge >= 0.3 is 5.97 Å². The zero-order valence-electron chi connectivity index (χ0n) is 18.8. The molecule has 1 aromatic heterocycles. The number of thiazole rings is 1. The molecule has 1 aliphatic heterocycles. The van der Waals surface area contributed by atoms with Crippen molar-refractivity contribution in [3.63, 3.8) is 0 Å². The number of likely N-dealkylation sites (N-methyl/N-ethyl adjacent to an activating group) is 1. The summed E-state index contributed by atoms with van der Waals surface area (Å²) in [6.07, 6.45) is 2.12. The van der Waals surface area contributed by atoms with Crippen molar-refractivity contribution in [2.75, 3.05) is 13.6 Å². The van der Waals surface area contributed by atoms with Crippen LogP contribution in [0.1, 0.15) is 53.9 Å². The number of benzene rings is 1. The highest BCUT2D eigenvalue weighted by atomic mass is 32.1. The lowest BCUT2D eigenvalue weighted by Gasteiger charge is -2.29. The van der Waals surface area contributed by atoms with E-state index in [0.29, 0.717) is 19.4 Å². The monoisotopic (exact) mass is 441 g/mol. The molecule has 1 amide bonds. The predicted octanol–water partition coefficient (Wildman–Crippen LogP) is 3.26. The van der Waals surface area contributed by atoms with Crippen molar-refractivity contribution in [1.82, 2.24) is 15.2 Å². The van der Waals surface area contributed by atoms with Gasteiger partial charge in [-0.15, -0.1) is 11.3 Å². The summed E-state index contributed by atoms with van der Waals surface area (Å²) in [6, 6.07) is 8.06. The van der Waals surface area contributed by atoms with Crippen molar-refractivity contribution in [1.29, 1.82) is 0 Å². The Morgan fingerprint density at radius 2 is 1.90 bits per heavy atom. The van der Waals surface area contributed by atoms with E-state index in [0.717, 1.165) is 41.3 Å². The summed E-state index contributed by atoms with van der Waals surface area (Å²) < 4.78 is 5.57. The fourth-order valence-corrected chi connectivity index (χ4v) is 5.64. The van der Waals surface area contributed by atoms with Crippen LogP contribution >= 0.6 is 11.3 Å². The lowest BCUT2D eigenvalue weighted by atomic mass is 9.80. The number of rotatable bonds is 5. The summed E-state index contributed by atoms with van der Waals surface area (Å²) in [4.78, 5) is 34.5. The molecule has 7 heteroatoms. The summed E-state index contributed by atoms with van der Waals surface area (Å²) >= 11 is 1.67. The van der Waals surface area contributed by atoms with E-state index in [1.807, 2.05) is 45.0 Å². The Kier molecular flexibility index (Phi) is 5.92. The lowest BCUT2D eigenvalue weighted by molar-refractivity contribution is -0.160. The molecule has 0 unspecified atom stereocenters. The summed E-state index contributed by atoms with van der Waals surface area (Å²) in [5.41, 5.74) is 2.03. The predicted molar refractivity (Wildman–Crippen MR) is 121 cm³/mol. The molecule has 31 heavy (non-hydrogen) atoms. The Hall–Kier alpha value is -2.25. The van der Waals surface area contributed by atoms with Gasteiger partial charge in [-0.05, 0) is 51.8 Å². The minimum Gasteiger partial charge on any atom is -0.460 e. The Morgan fingerprint density at radius 3 is 2.55 bits per heavy atom. The first-order valence-electron chi connectivity index (χ1n) is 10.9. The van der Waals surface area contributed by atoms with Crippen LogP contribution in [0.5, 0.6) is 0 Å². The Bertz CT molecular complexity index is 967. The fraction of sp³-hybridized carbons (Fsp3) is 0.542. The number of hydrogen-bond donors (Lipinski definition) is 1. The van der Waals surface area contributed by atoms with Crippen LogP contribution in [0, 0.1) is 5.41 Å². The molecule has 1 aromatic carbocycles. The largest absolute Gasteiger partial charge is 0.460 e. The van der Waals surface area contributed by atoms with Crippen LogP contribution in [0.25, 0.3) is 0 Å². The van der Waals surface area contributed by atoms with Crippen molar-refractivity contribution in [2.45, 2.75) is 65.1 Å². The topological polar surface area (TPSA) is 71.5 Å². The van der Waals surface area contributed by atoms with E-state index >= 15 is 0 Å². The van der Waals surface area contributed by atoms with Gasteiger partial charge in [-0.3, -0.25) is 9.59 Å². The number of nitrogens with zero attached hydrogens (tertiary/aromatic N) is 2. The fourth-order valence-electron chi connectivity index (χ4n) is 4.51. The number of ether oxygens (including phenoxy) is 1. The number of aromatic nitrogens is 1. The van der Waals surface area contributed by atoms with E-state index in [4.69, 9.17) is 9.72 Å². The number of esters is 1. The zero-order chi connectivity index (χ0) is 22.2. The standard InChI is InChI=1S/C24H31N3O3S/c1-23(2,3)30-21(28)13-24(11-16-7-5-6-8-17(16)12-24)22(29)25-14-20-26-18-9-10-27(4)15-19(18)31-20/h5-8H,9-15H2,1-4H3,(H,25,29). The number of nitrogens with one attached hydrogen (secondary N) is 1. The third-order valence-corrected chi connectivity index (χ3v) is 7.01. The Balaban J connectivity index is 1.49. The minimum absolute atomic E-state index is 0.0734. The maximum absolute atomic E-state index is 13.5. The molecule has 1 aliphatic carbocycles. The Morgan fingerprint density at radius 1 is 1.23 bits per heavy atom. The normalized spacial score (nSPS) is 17.7. The molecular formula is C24H31N3O3S. The van der Waals surface area contributed by atoms with E-state index < -0.39 is 11.0 Å². The van der Waals surface area contributed by atoms with Crippen LogP contribution in [0.3, 0.4) is 0 Å². The highest BCUT2D eigenvalue weighted by Crippen LogP contribution is 2.41. The van der Waals surface area contributed by atoms with Gasteiger partial charge in [0, 0.05) is 24.4 Å².